The zero-order valence-electron chi connectivity index (χ0n) is 11.7. The second kappa shape index (κ2) is 6.89. The molecule has 0 aliphatic heterocycles. The maximum Gasteiger partial charge on any atom is 0.0363 e. The zero-order chi connectivity index (χ0) is 12.8. The summed E-state index contributed by atoms with van der Waals surface area (Å²) in [4.78, 5) is 4.27. The van der Waals surface area contributed by atoms with E-state index < -0.39 is 0 Å². The fourth-order valence-corrected chi connectivity index (χ4v) is 3.27. The molecule has 1 N–H and O–H groups in total. The molecule has 1 unspecified atom stereocenters. The van der Waals surface area contributed by atoms with Crippen molar-refractivity contribution in [3.8, 4) is 0 Å². The Kier molecular flexibility index (Phi) is 5.18. The molecule has 0 bridgehead atoms. The number of hydrogen-bond donors (Lipinski definition) is 1. The summed E-state index contributed by atoms with van der Waals surface area (Å²) in [6.07, 6.45) is 10.8. The van der Waals surface area contributed by atoms with E-state index in [-0.39, 0.29) is 0 Å². The van der Waals surface area contributed by atoms with E-state index in [9.17, 15) is 0 Å². The van der Waals surface area contributed by atoms with E-state index in [0.29, 0.717) is 6.04 Å². The average Bonchev–Trinajstić information content (AvgIpc) is 2.46. The van der Waals surface area contributed by atoms with Crippen LogP contribution < -0.4 is 5.32 Å². The monoisotopic (exact) mass is 246 g/mol. The molecular weight excluding hydrogens is 220 g/mol. The summed E-state index contributed by atoms with van der Waals surface area (Å²) < 4.78 is 0. The van der Waals surface area contributed by atoms with E-state index in [1.807, 2.05) is 12.4 Å². The van der Waals surface area contributed by atoms with Gasteiger partial charge < -0.3 is 5.32 Å². The van der Waals surface area contributed by atoms with Gasteiger partial charge in [0.05, 0.1) is 0 Å². The van der Waals surface area contributed by atoms with Gasteiger partial charge in [-0.25, -0.2) is 0 Å². The lowest BCUT2D eigenvalue weighted by Crippen LogP contribution is -2.31. The fourth-order valence-electron chi connectivity index (χ4n) is 3.27. The van der Waals surface area contributed by atoms with E-state index in [1.165, 1.54) is 37.7 Å². The van der Waals surface area contributed by atoms with Crippen LogP contribution in [0.4, 0.5) is 0 Å². The first-order valence-corrected chi connectivity index (χ1v) is 7.48. The fraction of sp³-hybridized carbons (Fsp3) is 0.688. The number of nitrogens with one attached hydrogen (secondary N) is 1. The number of aromatic nitrogens is 1. The van der Waals surface area contributed by atoms with Gasteiger partial charge in [0.15, 0.2) is 0 Å². The minimum absolute atomic E-state index is 0.501. The van der Waals surface area contributed by atoms with E-state index in [2.05, 4.69) is 36.3 Å². The predicted octanol–water partition coefficient (Wildman–Crippen LogP) is 3.95. The predicted molar refractivity (Wildman–Crippen MR) is 76.4 cm³/mol. The molecule has 1 fully saturated rings. The standard InChI is InChI=1S/C16H26N2/c1-3-13-7-9-14(10-8-13)16(18-4-2)15-6-5-11-17-12-15/h5-6,11-14,16,18H,3-4,7-10H2,1-2H3. The van der Waals surface area contributed by atoms with Gasteiger partial charge in [-0.15, -0.1) is 0 Å². The highest BCUT2D eigenvalue weighted by Gasteiger charge is 2.27. The van der Waals surface area contributed by atoms with Crippen LogP contribution in [0.1, 0.15) is 57.6 Å². The molecule has 0 radical (unpaired) electrons. The molecule has 2 heteroatoms. The second-order valence-electron chi connectivity index (χ2n) is 5.51. The number of rotatable bonds is 5. The third-order valence-corrected chi connectivity index (χ3v) is 4.41. The van der Waals surface area contributed by atoms with Crippen LogP contribution in [-0.2, 0) is 0 Å². The maximum absolute atomic E-state index is 4.27. The highest BCUT2D eigenvalue weighted by molar-refractivity contribution is 5.15. The van der Waals surface area contributed by atoms with Gasteiger partial charge in [-0.05, 0) is 42.9 Å². The lowest BCUT2D eigenvalue weighted by Gasteiger charge is -2.34. The molecular formula is C16H26N2. The molecule has 1 aliphatic rings. The minimum Gasteiger partial charge on any atom is -0.310 e. The summed E-state index contributed by atoms with van der Waals surface area (Å²) in [6.45, 7) is 5.56. The van der Waals surface area contributed by atoms with Crippen LogP contribution in [-0.4, -0.2) is 11.5 Å². The van der Waals surface area contributed by atoms with Crippen molar-refractivity contribution in [2.45, 2.75) is 52.0 Å². The van der Waals surface area contributed by atoms with Crippen molar-refractivity contribution in [3.63, 3.8) is 0 Å². The van der Waals surface area contributed by atoms with Crippen LogP contribution in [0.5, 0.6) is 0 Å². The van der Waals surface area contributed by atoms with Crippen LogP contribution in [0, 0.1) is 11.8 Å². The first-order valence-electron chi connectivity index (χ1n) is 7.48. The molecule has 1 aliphatic carbocycles. The topological polar surface area (TPSA) is 24.9 Å². The quantitative estimate of drug-likeness (QED) is 0.851. The molecule has 100 valence electrons. The maximum atomic E-state index is 4.27. The number of hydrogen-bond acceptors (Lipinski definition) is 2. The normalized spacial score (nSPS) is 25.9. The first kappa shape index (κ1) is 13.5. The molecule has 0 spiro atoms. The van der Waals surface area contributed by atoms with Crippen molar-refractivity contribution in [1.29, 1.82) is 0 Å². The smallest absolute Gasteiger partial charge is 0.0363 e. The lowest BCUT2D eigenvalue weighted by atomic mass is 9.76. The van der Waals surface area contributed by atoms with Crippen molar-refractivity contribution in [1.82, 2.24) is 10.3 Å². The molecule has 18 heavy (non-hydrogen) atoms. The van der Waals surface area contributed by atoms with Crippen molar-refractivity contribution >= 4 is 0 Å². The molecule has 0 aromatic carbocycles. The summed E-state index contributed by atoms with van der Waals surface area (Å²) in [7, 11) is 0. The van der Waals surface area contributed by atoms with Gasteiger partial charge >= 0.3 is 0 Å². The Bertz CT molecular complexity index is 328. The number of pyridine rings is 1. The Hall–Kier alpha value is -0.890. The molecule has 0 saturated heterocycles. The summed E-state index contributed by atoms with van der Waals surface area (Å²) >= 11 is 0. The average molecular weight is 246 g/mol. The van der Waals surface area contributed by atoms with Crippen molar-refractivity contribution in [3.05, 3.63) is 30.1 Å². The third-order valence-electron chi connectivity index (χ3n) is 4.41. The Morgan fingerprint density at radius 1 is 1.28 bits per heavy atom. The Morgan fingerprint density at radius 2 is 2.06 bits per heavy atom. The molecule has 1 saturated carbocycles. The Labute approximate surface area is 111 Å². The summed E-state index contributed by atoms with van der Waals surface area (Å²) in [5.74, 6) is 1.76. The Morgan fingerprint density at radius 3 is 2.61 bits per heavy atom. The molecule has 0 amide bonds. The summed E-state index contributed by atoms with van der Waals surface area (Å²) in [5.41, 5.74) is 1.36. The molecule has 2 rings (SSSR count). The molecule has 1 aromatic heterocycles. The van der Waals surface area contributed by atoms with Crippen LogP contribution in [0.25, 0.3) is 0 Å². The highest BCUT2D eigenvalue weighted by atomic mass is 14.9. The largest absolute Gasteiger partial charge is 0.310 e. The van der Waals surface area contributed by atoms with Crippen LogP contribution in [0.3, 0.4) is 0 Å². The van der Waals surface area contributed by atoms with E-state index in [1.54, 1.807) is 0 Å². The van der Waals surface area contributed by atoms with Gasteiger partial charge in [-0.1, -0.05) is 39.2 Å². The van der Waals surface area contributed by atoms with Gasteiger partial charge in [-0.2, -0.15) is 0 Å². The molecule has 1 atom stereocenters. The van der Waals surface area contributed by atoms with Crippen LogP contribution in [0.2, 0.25) is 0 Å². The van der Waals surface area contributed by atoms with E-state index in [4.69, 9.17) is 0 Å². The number of nitrogens with zero attached hydrogens (tertiary/aromatic N) is 1. The van der Waals surface area contributed by atoms with Gasteiger partial charge in [-0.3, -0.25) is 4.98 Å². The van der Waals surface area contributed by atoms with E-state index >= 15 is 0 Å². The van der Waals surface area contributed by atoms with Crippen molar-refractivity contribution in [2.24, 2.45) is 11.8 Å². The van der Waals surface area contributed by atoms with Gasteiger partial charge in [0.1, 0.15) is 0 Å². The summed E-state index contributed by atoms with van der Waals surface area (Å²) in [6, 6.07) is 4.77. The van der Waals surface area contributed by atoms with Gasteiger partial charge in [0, 0.05) is 18.4 Å². The Balaban J connectivity index is 2.02. The van der Waals surface area contributed by atoms with Crippen molar-refractivity contribution in [2.75, 3.05) is 6.54 Å². The van der Waals surface area contributed by atoms with Gasteiger partial charge in [0.2, 0.25) is 0 Å². The van der Waals surface area contributed by atoms with Gasteiger partial charge in [0.25, 0.3) is 0 Å². The van der Waals surface area contributed by atoms with Crippen molar-refractivity contribution < 1.29 is 0 Å². The third kappa shape index (κ3) is 3.32. The molecule has 2 nitrogen and oxygen atoms in total. The minimum atomic E-state index is 0.501. The second-order valence-corrected chi connectivity index (χ2v) is 5.51. The lowest BCUT2D eigenvalue weighted by molar-refractivity contribution is 0.220. The molecule has 1 heterocycles. The molecule has 1 aromatic rings. The zero-order valence-corrected chi connectivity index (χ0v) is 11.7. The van der Waals surface area contributed by atoms with Crippen LogP contribution in [0.15, 0.2) is 24.5 Å². The SMILES string of the molecule is CCNC(c1cccnc1)C1CCC(CC)CC1. The van der Waals surface area contributed by atoms with E-state index in [0.717, 1.165) is 18.4 Å². The highest BCUT2D eigenvalue weighted by Crippen LogP contribution is 2.37. The van der Waals surface area contributed by atoms with Crippen LogP contribution >= 0.6 is 0 Å². The first-order chi connectivity index (χ1) is 8.85. The summed E-state index contributed by atoms with van der Waals surface area (Å²) in [5, 5.41) is 3.66.